The lowest BCUT2D eigenvalue weighted by Crippen LogP contribution is -2.28. The molecule has 4 nitrogen and oxygen atoms in total. The van der Waals surface area contributed by atoms with Gasteiger partial charge >= 0.3 is 0 Å². The summed E-state index contributed by atoms with van der Waals surface area (Å²) >= 11 is 0. The second-order valence-corrected chi connectivity index (χ2v) is 5.42. The van der Waals surface area contributed by atoms with Gasteiger partial charge in [-0.2, -0.15) is 0 Å². The molecule has 0 unspecified atom stereocenters. The Kier molecular flexibility index (Phi) is 6.21. The van der Waals surface area contributed by atoms with Gasteiger partial charge in [-0.25, -0.2) is 0 Å². The average molecular weight is 273 g/mol. The summed E-state index contributed by atoms with van der Waals surface area (Å²) in [6, 6.07) is 0. The standard InChI is InChI=1S/C16H23N3O/c20-16(9-8-15-13-17-10-11-18-15)19-12-14-6-4-2-1-3-5-7-14/h8-11,13-14H,1-7,12H2,(H,19,20). The number of rotatable bonds is 4. The van der Waals surface area contributed by atoms with E-state index < -0.39 is 0 Å². The largest absolute Gasteiger partial charge is 0.352 e. The van der Waals surface area contributed by atoms with E-state index in [-0.39, 0.29) is 5.91 Å². The van der Waals surface area contributed by atoms with Crippen molar-refractivity contribution in [1.29, 1.82) is 0 Å². The van der Waals surface area contributed by atoms with Crippen molar-refractivity contribution in [3.63, 3.8) is 0 Å². The van der Waals surface area contributed by atoms with Crippen LogP contribution < -0.4 is 5.32 Å². The van der Waals surface area contributed by atoms with E-state index in [9.17, 15) is 4.79 Å². The summed E-state index contributed by atoms with van der Waals surface area (Å²) in [4.78, 5) is 19.8. The molecule has 0 aliphatic heterocycles. The molecule has 0 saturated heterocycles. The number of aromatic nitrogens is 2. The lowest BCUT2D eigenvalue weighted by atomic mass is 9.91. The highest BCUT2D eigenvalue weighted by molar-refractivity contribution is 5.91. The van der Waals surface area contributed by atoms with E-state index in [0.29, 0.717) is 11.6 Å². The molecule has 1 aromatic rings. The predicted molar refractivity (Wildman–Crippen MR) is 79.9 cm³/mol. The van der Waals surface area contributed by atoms with E-state index in [4.69, 9.17) is 0 Å². The minimum absolute atomic E-state index is 0.0438. The number of amides is 1. The van der Waals surface area contributed by atoms with Crippen molar-refractivity contribution in [3.05, 3.63) is 30.4 Å². The van der Waals surface area contributed by atoms with E-state index in [0.717, 1.165) is 6.54 Å². The van der Waals surface area contributed by atoms with Gasteiger partial charge in [0.25, 0.3) is 0 Å². The van der Waals surface area contributed by atoms with Gasteiger partial charge in [-0.05, 0) is 24.8 Å². The lowest BCUT2D eigenvalue weighted by Gasteiger charge is -2.19. The van der Waals surface area contributed by atoms with Gasteiger partial charge in [0.05, 0.1) is 11.9 Å². The summed E-state index contributed by atoms with van der Waals surface area (Å²) in [5, 5.41) is 3.00. The van der Waals surface area contributed by atoms with Gasteiger partial charge in [-0.15, -0.1) is 0 Å². The summed E-state index contributed by atoms with van der Waals surface area (Å²) in [5.41, 5.74) is 0.702. The first-order valence-corrected chi connectivity index (χ1v) is 7.56. The van der Waals surface area contributed by atoms with Gasteiger partial charge in [0, 0.05) is 25.0 Å². The molecule has 0 atom stereocenters. The molecule has 0 aromatic carbocycles. The summed E-state index contributed by atoms with van der Waals surface area (Å²) in [7, 11) is 0. The maximum Gasteiger partial charge on any atom is 0.244 e. The minimum atomic E-state index is -0.0438. The highest BCUT2D eigenvalue weighted by Gasteiger charge is 2.11. The molecule has 0 radical (unpaired) electrons. The van der Waals surface area contributed by atoms with Gasteiger partial charge in [0.1, 0.15) is 0 Å². The summed E-state index contributed by atoms with van der Waals surface area (Å²) in [6.45, 7) is 0.795. The molecule has 0 bridgehead atoms. The van der Waals surface area contributed by atoms with Crippen LogP contribution in [0.3, 0.4) is 0 Å². The third-order valence-electron chi connectivity index (χ3n) is 3.78. The number of hydrogen-bond acceptors (Lipinski definition) is 3. The predicted octanol–water partition coefficient (Wildman–Crippen LogP) is 2.97. The first-order chi connectivity index (χ1) is 9.84. The molecular weight excluding hydrogens is 250 g/mol. The molecule has 0 spiro atoms. The Bertz CT molecular complexity index is 423. The van der Waals surface area contributed by atoms with Crippen LogP contribution >= 0.6 is 0 Å². The Morgan fingerprint density at radius 1 is 1.20 bits per heavy atom. The summed E-state index contributed by atoms with van der Waals surface area (Å²) in [5.74, 6) is 0.599. The molecule has 1 fully saturated rings. The van der Waals surface area contributed by atoms with Crippen LogP contribution in [-0.4, -0.2) is 22.4 Å². The van der Waals surface area contributed by atoms with Crippen LogP contribution in [0.2, 0.25) is 0 Å². The van der Waals surface area contributed by atoms with Gasteiger partial charge in [0.2, 0.25) is 5.91 Å². The molecule has 108 valence electrons. The molecule has 20 heavy (non-hydrogen) atoms. The number of hydrogen-bond donors (Lipinski definition) is 1. The molecule has 1 amide bonds. The van der Waals surface area contributed by atoms with E-state index in [2.05, 4.69) is 15.3 Å². The molecule has 1 aliphatic rings. The van der Waals surface area contributed by atoms with Crippen LogP contribution in [0.4, 0.5) is 0 Å². The smallest absolute Gasteiger partial charge is 0.244 e. The monoisotopic (exact) mass is 273 g/mol. The van der Waals surface area contributed by atoms with Crippen molar-refractivity contribution >= 4 is 12.0 Å². The zero-order valence-electron chi connectivity index (χ0n) is 11.9. The zero-order valence-corrected chi connectivity index (χ0v) is 11.9. The van der Waals surface area contributed by atoms with Crippen LogP contribution in [0, 0.1) is 5.92 Å². The van der Waals surface area contributed by atoms with Crippen molar-refractivity contribution in [1.82, 2.24) is 15.3 Å². The zero-order chi connectivity index (χ0) is 14.0. The van der Waals surface area contributed by atoms with Gasteiger partial charge in [0.15, 0.2) is 0 Å². The molecule has 1 saturated carbocycles. The normalized spacial score (nSPS) is 17.6. The van der Waals surface area contributed by atoms with Crippen molar-refractivity contribution in [2.24, 2.45) is 5.92 Å². The number of nitrogens with zero attached hydrogens (tertiary/aromatic N) is 2. The maximum absolute atomic E-state index is 11.8. The van der Waals surface area contributed by atoms with Crippen molar-refractivity contribution in [2.45, 2.75) is 44.9 Å². The summed E-state index contributed by atoms with van der Waals surface area (Å²) in [6.07, 6.45) is 17.3. The van der Waals surface area contributed by atoms with Crippen LogP contribution in [-0.2, 0) is 4.79 Å². The van der Waals surface area contributed by atoms with Crippen molar-refractivity contribution in [2.75, 3.05) is 6.54 Å². The van der Waals surface area contributed by atoms with Crippen LogP contribution in [0.25, 0.3) is 6.08 Å². The van der Waals surface area contributed by atoms with Crippen LogP contribution in [0.15, 0.2) is 24.7 Å². The lowest BCUT2D eigenvalue weighted by molar-refractivity contribution is -0.116. The Labute approximate surface area is 120 Å². The number of carbonyl (C=O) groups excluding carboxylic acids is 1. The van der Waals surface area contributed by atoms with Crippen molar-refractivity contribution in [3.8, 4) is 0 Å². The average Bonchev–Trinajstić information content (AvgIpc) is 2.45. The van der Waals surface area contributed by atoms with Gasteiger partial charge < -0.3 is 5.32 Å². The van der Waals surface area contributed by atoms with Gasteiger partial charge in [-0.1, -0.05) is 32.1 Å². The van der Waals surface area contributed by atoms with E-state index in [1.54, 1.807) is 24.7 Å². The third kappa shape index (κ3) is 5.51. The minimum Gasteiger partial charge on any atom is -0.352 e. The Balaban J connectivity index is 1.72. The summed E-state index contributed by atoms with van der Waals surface area (Å²) < 4.78 is 0. The quantitative estimate of drug-likeness (QED) is 0.858. The van der Waals surface area contributed by atoms with Crippen LogP contribution in [0.1, 0.15) is 50.6 Å². The highest BCUT2D eigenvalue weighted by Crippen LogP contribution is 2.21. The molecular formula is C16H23N3O. The van der Waals surface area contributed by atoms with Crippen LogP contribution in [0.5, 0.6) is 0 Å². The van der Waals surface area contributed by atoms with E-state index in [1.165, 1.54) is 51.0 Å². The first kappa shape index (κ1) is 14.7. The number of nitrogens with one attached hydrogen (secondary N) is 1. The molecule has 1 aliphatic carbocycles. The maximum atomic E-state index is 11.8. The Morgan fingerprint density at radius 2 is 1.95 bits per heavy atom. The first-order valence-electron chi connectivity index (χ1n) is 7.56. The highest BCUT2D eigenvalue weighted by atomic mass is 16.1. The fourth-order valence-corrected chi connectivity index (χ4v) is 2.61. The molecule has 1 heterocycles. The Hall–Kier alpha value is -1.71. The third-order valence-corrected chi connectivity index (χ3v) is 3.78. The topological polar surface area (TPSA) is 54.9 Å². The fraction of sp³-hybridized carbons (Fsp3) is 0.562. The second-order valence-electron chi connectivity index (χ2n) is 5.42. The van der Waals surface area contributed by atoms with Gasteiger partial charge in [-0.3, -0.25) is 14.8 Å². The molecule has 4 heteroatoms. The molecule has 2 rings (SSSR count). The van der Waals surface area contributed by atoms with E-state index in [1.807, 2.05) is 0 Å². The number of carbonyl (C=O) groups is 1. The Morgan fingerprint density at radius 3 is 2.65 bits per heavy atom. The molecule has 1 N–H and O–H groups in total. The fourth-order valence-electron chi connectivity index (χ4n) is 2.61. The molecule has 1 aromatic heterocycles. The SMILES string of the molecule is O=C(C=Cc1cnccn1)NCC1CCCCCCC1. The van der Waals surface area contributed by atoms with E-state index >= 15 is 0 Å². The second kappa shape index (κ2) is 8.46. The van der Waals surface area contributed by atoms with Crippen molar-refractivity contribution < 1.29 is 4.79 Å².